The predicted octanol–water partition coefficient (Wildman–Crippen LogP) is 2.23. The van der Waals surface area contributed by atoms with E-state index in [0.29, 0.717) is 6.54 Å². The first-order valence-electron chi connectivity index (χ1n) is 4.80. The van der Waals surface area contributed by atoms with Crippen LogP contribution in [0.25, 0.3) is 11.3 Å². The molecule has 0 saturated heterocycles. The molecule has 1 aromatic carbocycles. The van der Waals surface area contributed by atoms with E-state index in [-0.39, 0.29) is 0 Å². The van der Waals surface area contributed by atoms with Crippen molar-refractivity contribution in [3.63, 3.8) is 0 Å². The minimum Gasteiger partial charge on any atom is -0.342 e. The lowest BCUT2D eigenvalue weighted by Crippen LogP contribution is -2.03. The van der Waals surface area contributed by atoms with E-state index < -0.39 is 0 Å². The number of aromatic amines is 1. The summed E-state index contributed by atoms with van der Waals surface area (Å²) in [6.45, 7) is 0.593. The number of hydrogen-bond donors (Lipinski definition) is 2. The van der Waals surface area contributed by atoms with Crippen LogP contribution >= 0.6 is 11.6 Å². The highest BCUT2D eigenvalue weighted by atomic mass is 35.5. The first-order valence-corrected chi connectivity index (χ1v) is 5.18. The third-order valence-corrected chi connectivity index (χ3v) is 2.50. The summed E-state index contributed by atoms with van der Waals surface area (Å²) in [7, 11) is 0. The molecule has 0 radical (unpaired) electrons. The molecule has 1 aromatic heterocycles. The molecule has 0 atom stereocenters. The van der Waals surface area contributed by atoms with Crippen LogP contribution in [0.4, 0.5) is 0 Å². The van der Waals surface area contributed by atoms with Gasteiger partial charge >= 0.3 is 0 Å². The summed E-state index contributed by atoms with van der Waals surface area (Å²) in [6.07, 6.45) is 2.54. The van der Waals surface area contributed by atoms with Gasteiger partial charge in [-0.05, 0) is 12.6 Å². The van der Waals surface area contributed by atoms with Gasteiger partial charge in [-0.25, -0.2) is 4.98 Å². The quantitative estimate of drug-likeness (QED) is 0.835. The molecule has 0 amide bonds. The Labute approximate surface area is 93.3 Å². The van der Waals surface area contributed by atoms with E-state index in [1.807, 2.05) is 24.3 Å². The van der Waals surface area contributed by atoms with Crippen LogP contribution in [0.15, 0.2) is 30.5 Å². The van der Waals surface area contributed by atoms with Crippen molar-refractivity contribution in [3.8, 4) is 11.3 Å². The number of aromatic nitrogens is 2. The lowest BCUT2D eigenvalue weighted by Gasteiger charge is -1.99. The van der Waals surface area contributed by atoms with E-state index in [1.165, 1.54) is 0 Å². The monoisotopic (exact) mass is 221 g/mol. The fraction of sp³-hybridized carbons (Fsp3) is 0.182. The number of nitrogens with two attached hydrogens (primary N) is 1. The van der Waals surface area contributed by atoms with Gasteiger partial charge in [0.15, 0.2) is 0 Å². The fourth-order valence-corrected chi connectivity index (χ4v) is 1.68. The summed E-state index contributed by atoms with van der Waals surface area (Å²) in [6, 6.07) is 7.68. The van der Waals surface area contributed by atoms with Crippen LogP contribution in [-0.4, -0.2) is 16.5 Å². The summed E-state index contributed by atoms with van der Waals surface area (Å²) in [4.78, 5) is 7.42. The Kier molecular flexibility index (Phi) is 3.04. The second-order valence-electron chi connectivity index (χ2n) is 3.26. The topological polar surface area (TPSA) is 54.7 Å². The van der Waals surface area contributed by atoms with E-state index in [0.717, 1.165) is 28.5 Å². The molecule has 0 fully saturated rings. The highest BCUT2D eigenvalue weighted by Gasteiger charge is 2.05. The van der Waals surface area contributed by atoms with E-state index in [2.05, 4.69) is 9.97 Å². The van der Waals surface area contributed by atoms with Gasteiger partial charge in [-0.2, -0.15) is 0 Å². The molecule has 2 aromatic rings. The molecule has 2 rings (SSSR count). The number of H-pyrrole nitrogens is 1. The molecule has 0 aliphatic rings. The molecular weight excluding hydrogens is 210 g/mol. The fourth-order valence-electron chi connectivity index (χ4n) is 1.44. The maximum Gasteiger partial charge on any atom is 0.107 e. The van der Waals surface area contributed by atoms with Crippen molar-refractivity contribution in [1.29, 1.82) is 0 Å². The largest absolute Gasteiger partial charge is 0.342 e. The number of rotatable bonds is 3. The van der Waals surface area contributed by atoms with Gasteiger partial charge in [0.1, 0.15) is 5.82 Å². The Balaban J connectivity index is 2.33. The molecule has 3 nitrogen and oxygen atoms in total. The highest BCUT2D eigenvalue weighted by molar-refractivity contribution is 6.33. The van der Waals surface area contributed by atoms with Crippen LogP contribution < -0.4 is 5.73 Å². The first-order chi connectivity index (χ1) is 7.31. The molecule has 0 unspecified atom stereocenters. The molecule has 15 heavy (non-hydrogen) atoms. The van der Waals surface area contributed by atoms with Gasteiger partial charge in [-0.15, -0.1) is 0 Å². The van der Waals surface area contributed by atoms with Crippen molar-refractivity contribution in [2.24, 2.45) is 5.73 Å². The van der Waals surface area contributed by atoms with Crippen molar-refractivity contribution in [2.75, 3.05) is 6.54 Å². The number of imidazole rings is 1. The first kappa shape index (κ1) is 10.2. The van der Waals surface area contributed by atoms with Crippen LogP contribution in [0.5, 0.6) is 0 Å². The summed E-state index contributed by atoms with van der Waals surface area (Å²) in [5.41, 5.74) is 7.35. The van der Waals surface area contributed by atoms with Crippen LogP contribution in [0.3, 0.4) is 0 Å². The minimum atomic E-state index is 0.593. The van der Waals surface area contributed by atoms with Gasteiger partial charge in [0.2, 0.25) is 0 Å². The predicted molar refractivity (Wildman–Crippen MR) is 61.8 cm³/mol. The Hall–Kier alpha value is -1.32. The molecule has 3 N–H and O–H groups in total. The molecule has 4 heteroatoms. The van der Waals surface area contributed by atoms with Gasteiger partial charge in [-0.3, -0.25) is 0 Å². The van der Waals surface area contributed by atoms with Crippen LogP contribution in [-0.2, 0) is 6.42 Å². The summed E-state index contributed by atoms with van der Waals surface area (Å²) in [5, 5.41) is 0.723. The molecule has 0 bridgehead atoms. The summed E-state index contributed by atoms with van der Waals surface area (Å²) in [5.74, 6) is 0.896. The summed E-state index contributed by atoms with van der Waals surface area (Å²) >= 11 is 6.07. The van der Waals surface area contributed by atoms with Crippen molar-refractivity contribution >= 4 is 11.6 Å². The van der Waals surface area contributed by atoms with Crippen LogP contribution in [0.1, 0.15) is 5.82 Å². The zero-order chi connectivity index (χ0) is 10.7. The average molecular weight is 222 g/mol. The minimum absolute atomic E-state index is 0.593. The molecule has 0 saturated carbocycles. The molecule has 0 spiro atoms. The van der Waals surface area contributed by atoms with Crippen LogP contribution in [0, 0.1) is 0 Å². The van der Waals surface area contributed by atoms with E-state index >= 15 is 0 Å². The average Bonchev–Trinajstić information content (AvgIpc) is 2.68. The van der Waals surface area contributed by atoms with Crippen molar-refractivity contribution in [3.05, 3.63) is 41.3 Å². The number of hydrogen-bond acceptors (Lipinski definition) is 2. The number of benzene rings is 1. The molecule has 0 aliphatic carbocycles. The van der Waals surface area contributed by atoms with Crippen molar-refractivity contribution in [2.45, 2.75) is 6.42 Å². The lowest BCUT2D eigenvalue weighted by atomic mass is 10.2. The van der Waals surface area contributed by atoms with Gasteiger partial charge < -0.3 is 10.7 Å². The van der Waals surface area contributed by atoms with Gasteiger partial charge in [0, 0.05) is 17.0 Å². The molecule has 78 valence electrons. The molecule has 0 aliphatic heterocycles. The SMILES string of the molecule is NCCc1ncc(-c2ccccc2Cl)[nH]1. The van der Waals surface area contributed by atoms with Gasteiger partial charge in [0.25, 0.3) is 0 Å². The number of nitrogens with one attached hydrogen (secondary N) is 1. The Morgan fingerprint density at radius 1 is 1.33 bits per heavy atom. The molecule has 1 heterocycles. The van der Waals surface area contributed by atoms with E-state index in [4.69, 9.17) is 17.3 Å². The van der Waals surface area contributed by atoms with Gasteiger partial charge in [-0.1, -0.05) is 29.8 Å². The van der Waals surface area contributed by atoms with E-state index in [9.17, 15) is 0 Å². The van der Waals surface area contributed by atoms with Crippen molar-refractivity contribution in [1.82, 2.24) is 9.97 Å². The third-order valence-electron chi connectivity index (χ3n) is 2.17. The Morgan fingerprint density at radius 2 is 2.13 bits per heavy atom. The standard InChI is InChI=1S/C11H12ClN3/c12-9-4-2-1-3-8(9)10-7-14-11(15-10)5-6-13/h1-4,7H,5-6,13H2,(H,14,15). The Bertz CT molecular complexity index is 451. The van der Waals surface area contributed by atoms with Gasteiger partial charge in [0.05, 0.1) is 11.9 Å². The smallest absolute Gasteiger partial charge is 0.107 e. The Morgan fingerprint density at radius 3 is 2.87 bits per heavy atom. The molecular formula is C11H12ClN3. The highest BCUT2D eigenvalue weighted by Crippen LogP contribution is 2.25. The lowest BCUT2D eigenvalue weighted by molar-refractivity contribution is 0.895. The number of nitrogens with zero attached hydrogens (tertiary/aromatic N) is 1. The van der Waals surface area contributed by atoms with Crippen molar-refractivity contribution < 1.29 is 0 Å². The van der Waals surface area contributed by atoms with E-state index in [1.54, 1.807) is 6.20 Å². The second kappa shape index (κ2) is 4.47. The van der Waals surface area contributed by atoms with Crippen LogP contribution in [0.2, 0.25) is 5.02 Å². The zero-order valence-electron chi connectivity index (χ0n) is 8.20. The normalized spacial score (nSPS) is 10.5. The summed E-state index contributed by atoms with van der Waals surface area (Å²) < 4.78 is 0. The maximum absolute atomic E-state index is 6.07. The second-order valence-corrected chi connectivity index (χ2v) is 3.67. The maximum atomic E-state index is 6.07. The zero-order valence-corrected chi connectivity index (χ0v) is 8.96. The third kappa shape index (κ3) is 2.19. The number of halogens is 1.